The second kappa shape index (κ2) is 7.24. The second-order valence-corrected chi connectivity index (χ2v) is 4.55. The zero-order valence-corrected chi connectivity index (χ0v) is 13.3. The number of rotatable bonds is 0. The summed E-state index contributed by atoms with van der Waals surface area (Å²) in [6, 6.07) is 10.8. The van der Waals surface area contributed by atoms with E-state index in [4.69, 9.17) is 0 Å². The summed E-state index contributed by atoms with van der Waals surface area (Å²) in [5, 5.41) is 2.79. The van der Waals surface area contributed by atoms with Gasteiger partial charge in [0.25, 0.3) is 0 Å². The zero-order valence-electron chi connectivity index (χ0n) is 9.89. The van der Waals surface area contributed by atoms with Crippen LogP contribution in [0.25, 0.3) is 10.8 Å². The molecule has 0 bridgehead atoms. The normalized spacial score (nSPS) is 9.07. The number of aryl methyl sites for hydroxylation is 2. The van der Waals surface area contributed by atoms with Gasteiger partial charge in [-0.25, -0.2) is 0 Å². The van der Waals surface area contributed by atoms with Crippen LogP contribution < -0.4 is 0 Å². The molecule has 78 valence electrons. The minimum Gasteiger partial charge on any atom is -0.168 e. The number of hydrogen-bond donors (Lipinski definition) is 0. The molecule has 0 atom stereocenters. The van der Waals surface area contributed by atoms with Crippen LogP contribution in [0.3, 0.4) is 0 Å². The van der Waals surface area contributed by atoms with E-state index >= 15 is 0 Å². The van der Waals surface area contributed by atoms with Crippen molar-refractivity contribution < 1.29 is 26.2 Å². The van der Waals surface area contributed by atoms with Gasteiger partial charge in [0.05, 0.1) is 0 Å². The first-order valence-corrected chi connectivity index (χ1v) is 6.90. The predicted molar refractivity (Wildman–Crippen MR) is 66.5 cm³/mol. The SMILES string of the molecule is C[Si]C.Cc1ccc(C)c2[cH-]ccc12.[Zr]. The van der Waals surface area contributed by atoms with Crippen LogP contribution in [0.4, 0.5) is 0 Å². The van der Waals surface area contributed by atoms with Crippen molar-refractivity contribution >= 4 is 20.3 Å². The van der Waals surface area contributed by atoms with Gasteiger partial charge >= 0.3 is 0 Å². The third-order valence-electron chi connectivity index (χ3n) is 2.25. The summed E-state index contributed by atoms with van der Waals surface area (Å²) in [5.74, 6) is 0. The quantitative estimate of drug-likeness (QED) is 0.509. The molecule has 0 fully saturated rings. The van der Waals surface area contributed by atoms with Crippen LogP contribution in [0.2, 0.25) is 13.1 Å². The van der Waals surface area contributed by atoms with Crippen LogP contribution in [-0.4, -0.2) is 9.52 Å². The summed E-state index contributed by atoms with van der Waals surface area (Å²) < 4.78 is 0. The first-order chi connectivity index (χ1) is 6.70. The second-order valence-electron chi connectivity index (χ2n) is 3.55. The van der Waals surface area contributed by atoms with E-state index in [2.05, 4.69) is 57.3 Å². The van der Waals surface area contributed by atoms with Crippen molar-refractivity contribution in [3.8, 4) is 0 Å². The van der Waals surface area contributed by atoms with Crippen molar-refractivity contribution in [2.75, 3.05) is 0 Å². The summed E-state index contributed by atoms with van der Waals surface area (Å²) in [4.78, 5) is 0. The van der Waals surface area contributed by atoms with Gasteiger partial charge in [-0.05, 0) is 6.92 Å². The molecule has 2 aromatic rings. The van der Waals surface area contributed by atoms with E-state index in [-0.39, 0.29) is 26.2 Å². The van der Waals surface area contributed by atoms with E-state index in [1.807, 2.05) is 0 Å². The summed E-state index contributed by atoms with van der Waals surface area (Å²) in [7, 11) is 1.08. The molecule has 0 aliphatic carbocycles. The Morgan fingerprint density at radius 2 is 1.53 bits per heavy atom. The fourth-order valence-electron chi connectivity index (χ4n) is 1.54. The summed E-state index contributed by atoms with van der Waals surface area (Å²) in [5.41, 5.74) is 2.74. The summed E-state index contributed by atoms with van der Waals surface area (Å²) in [6.45, 7) is 8.61. The van der Waals surface area contributed by atoms with Crippen molar-refractivity contribution in [2.45, 2.75) is 26.9 Å². The van der Waals surface area contributed by atoms with Crippen molar-refractivity contribution in [3.63, 3.8) is 0 Å². The third kappa shape index (κ3) is 3.77. The fourth-order valence-corrected chi connectivity index (χ4v) is 1.54. The Labute approximate surface area is 114 Å². The summed E-state index contributed by atoms with van der Waals surface area (Å²) in [6.07, 6.45) is 0. The molecule has 0 aromatic heterocycles. The van der Waals surface area contributed by atoms with E-state index in [0.29, 0.717) is 0 Å². The molecule has 15 heavy (non-hydrogen) atoms. The molecule has 2 rings (SSSR count). The minimum absolute atomic E-state index is 0. The molecule has 0 saturated heterocycles. The van der Waals surface area contributed by atoms with Crippen LogP contribution in [0.1, 0.15) is 11.1 Å². The monoisotopic (exact) mass is 291 g/mol. The van der Waals surface area contributed by atoms with Crippen LogP contribution in [-0.2, 0) is 26.2 Å². The maximum atomic E-state index is 2.18. The topological polar surface area (TPSA) is 0 Å². The van der Waals surface area contributed by atoms with Crippen molar-refractivity contribution in [1.29, 1.82) is 0 Å². The Balaban J connectivity index is 0.000000443. The molecule has 2 heteroatoms. The molecule has 0 N–H and O–H groups in total. The van der Waals surface area contributed by atoms with Gasteiger partial charge in [0.2, 0.25) is 0 Å². The first kappa shape index (κ1) is 14.9. The van der Waals surface area contributed by atoms with Gasteiger partial charge in [0.1, 0.15) is 0 Å². The van der Waals surface area contributed by atoms with E-state index in [0.717, 1.165) is 9.52 Å². The van der Waals surface area contributed by atoms with Crippen molar-refractivity contribution in [3.05, 3.63) is 41.5 Å². The molecule has 0 nitrogen and oxygen atoms in total. The van der Waals surface area contributed by atoms with Crippen molar-refractivity contribution in [1.82, 2.24) is 0 Å². The van der Waals surface area contributed by atoms with Crippen LogP contribution in [0.15, 0.2) is 30.3 Å². The van der Waals surface area contributed by atoms with E-state index < -0.39 is 0 Å². The molecule has 0 unspecified atom stereocenters. The van der Waals surface area contributed by atoms with Gasteiger partial charge in [-0.15, -0.1) is 28.5 Å². The molecule has 0 aliphatic heterocycles. The van der Waals surface area contributed by atoms with E-state index in [9.17, 15) is 0 Å². The van der Waals surface area contributed by atoms with Crippen LogP contribution in [0, 0.1) is 13.8 Å². The average molecular weight is 293 g/mol. The van der Waals surface area contributed by atoms with E-state index in [1.54, 1.807) is 0 Å². The maximum Gasteiger partial charge on any atom is 0.0307 e. The number of fused-ring (bicyclic) bond motifs is 1. The fraction of sp³-hybridized carbons (Fsp3) is 0.308. The Kier molecular flexibility index (Phi) is 7.21. The van der Waals surface area contributed by atoms with Crippen molar-refractivity contribution in [2.24, 2.45) is 0 Å². The molecule has 0 aliphatic rings. The molecule has 2 aromatic carbocycles. The van der Waals surface area contributed by atoms with Gasteiger partial charge in [-0.1, -0.05) is 31.6 Å². The number of benzene rings is 1. The molecule has 0 heterocycles. The van der Waals surface area contributed by atoms with Gasteiger partial charge in [0.15, 0.2) is 0 Å². The van der Waals surface area contributed by atoms with Crippen LogP contribution >= 0.6 is 0 Å². The minimum atomic E-state index is 0. The Hall–Kier alpha value is -0.0700. The molecular weight excluding hydrogens is 275 g/mol. The predicted octanol–water partition coefficient (Wildman–Crippen LogP) is 3.96. The smallest absolute Gasteiger partial charge is 0.0307 e. The van der Waals surface area contributed by atoms with E-state index in [1.165, 1.54) is 21.9 Å². The van der Waals surface area contributed by atoms with Gasteiger partial charge < -0.3 is 0 Å². The van der Waals surface area contributed by atoms with Gasteiger partial charge in [-0.3, -0.25) is 0 Å². The largest absolute Gasteiger partial charge is 0.168 e. The van der Waals surface area contributed by atoms with Crippen LogP contribution in [0.5, 0.6) is 0 Å². The average Bonchev–Trinajstić information content (AvgIpc) is 2.62. The molecule has 0 amide bonds. The molecule has 2 radical (unpaired) electrons. The first-order valence-electron chi connectivity index (χ1n) is 4.90. The zero-order chi connectivity index (χ0) is 10.6. The molecule has 0 spiro atoms. The van der Waals surface area contributed by atoms with Gasteiger partial charge in [-0.2, -0.15) is 12.1 Å². The Bertz CT molecular complexity index is 368. The van der Waals surface area contributed by atoms with Gasteiger partial charge in [0, 0.05) is 35.7 Å². The maximum absolute atomic E-state index is 2.18. The Morgan fingerprint density at radius 3 is 2.07 bits per heavy atom. The Morgan fingerprint density at radius 1 is 1.00 bits per heavy atom. The summed E-state index contributed by atoms with van der Waals surface area (Å²) >= 11 is 0. The standard InChI is InChI=1S/C11H11.C2H6Si.Zr/c1-8-6-7-9(2)11-5-3-4-10(8)11;1-3-2;/h3-7H,1-2H3;1-2H3;/q-1;;. The molecule has 0 saturated carbocycles. The number of hydrogen-bond acceptors (Lipinski definition) is 0. The molecular formula is C13H17SiZr-. The third-order valence-corrected chi connectivity index (χ3v) is 2.25.